The van der Waals surface area contributed by atoms with Gasteiger partial charge in [0, 0.05) is 7.79 Å². The van der Waals surface area contributed by atoms with Gasteiger partial charge < -0.3 is 25.5 Å². The van der Waals surface area contributed by atoms with Gasteiger partial charge in [0.25, 0.3) is 0 Å². The summed E-state index contributed by atoms with van der Waals surface area (Å²) in [7, 11) is 0. The van der Waals surface area contributed by atoms with Crippen molar-refractivity contribution in [3.63, 3.8) is 0 Å². The maximum absolute atomic E-state index is 11.8. The highest BCUT2D eigenvalue weighted by Crippen LogP contribution is 2.12. The number of hydrogen-bond acceptors (Lipinski definition) is 6. The number of carbonyl (C=O) groups is 1. The van der Waals surface area contributed by atoms with Crippen LogP contribution >= 0.6 is 0 Å². The van der Waals surface area contributed by atoms with Crippen molar-refractivity contribution in [3.05, 3.63) is 0 Å². The fraction of sp³-hybridized carbons (Fsp3) is 0.938. The highest BCUT2D eigenvalue weighted by atomic mass is 16.4. The van der Waals surface area contributed by atoms with Crippen molar-refractivity contribution >= 4 is 5.78 Å². The summed E-state index contributed by atoms with van der Waals surface area (Å²) in [4.78, 5) is 11.8. The molecule has 132 valence electrons. The Hall–Kier alpha value is -0.530. The first-order valence-corrected chi connectivity index (χ1v) is 8.13. The zero-order valence-corrected chi connectivity index (χ0v) is 13.4. The largest absolute Gasteiger partial charge is 0.394 e. The number of hydrogen-bond donors (Lipinski definition) is 5. The molecule has 0 aromatic heterocycles. The van der Waals surface area contributed by atoms with Crippen molar-refractivity contribution in [1.82, 2.24) is 0 Å². The van der Waals surface area contributed by atoms with Gasteiger partial charge in [-0.3, -0.25) is 4.79 Å². The lowest BCUT2D eigenvalue weighted by Crippen LogP contribution is -2.48. The first-order chi connectivity index (χ1) is 10.8. The lowest BCUT2D eigenvalue weighted by atomic mass is 9.97. The topological polar surface area (TPSA) is 118 Å². The van der Waals surface area contributed by atoms with Crippen LogP contribution in [0.15, 0.2) is 0 Å². The second kappa shape index (κ2) is 13.0. The van der Waals surface area contributed by atoms with Gasteiger partial charge in [0.05, 0.1) is 6.61 Å². The molecule has 0 amide bonds. The third kappa shape index (κ3) is 8.80. The molecule has 6 heteroatoms. The standard InChI is InChI=1S/C16H32O6/c1-2-3-4-5-6-7-8-9-10-12(18)14(20)16(22)15(21)13(19)11-17/h13-17,19-22H,2-11H2,1H3/t13-,14+,15-,16-/m1/s1/i9D/t9?,13-,14+,15-,16-. The minimum Gasteiger partial charge on any atom is -0.394 e. The summed E-state index contributed by atoms with van der Waals surface area (Å²) in [6.45, 7) is 1.35. The van der Waals surface area contributed by atoms with E-state index in [-0.39, 0.29) is 6.42 Å². The molecule has 5 N–H and O–H groups in total. The molecule has 22 heavy (non-hydrogen) atoms. The summed E-state index contributed by atoms with van der Waals surface area (Å²) in [5.41, 5.74) is 0. The average molecular weight is 321 g/mol. The van der Waals surface area contributed by atoms with E-state index in [1.807, 2.05) is 0 Å². The number of ketones is 1. The Kier molecular flexibility index (Phi) is 11.5. The van der Waals surface area contributed by atoms with Crippen molar-refractivity contribution < 1.29 is 31.7 Å². The molecule has 0 fully saturated rings. The number of aliphatic hydroxyl groups excluding tert-OH is 5. The van der Waals surface area contributed by atoms with Gasteiger partial charge in [-0.1, -0.05) is 51.9 Å². The second-order valence-corrected chi connectivity index (χ2v) is 5.69. The minimum absolute atomic E-state index is 0.213. The minimum atomic E-state index is -1.88. The first-order valence-electron chi connectivity index (χ1n) is 8.70. The second-order valence-electron chi connectivity index (χ2n) is 5.69. The highest BCUT2D eigenvalue weighted by Gasteiger charge is 2.33. The Morgan fingerprint density at radius 2 is 1.50 bits per heavy atom. The highest BCUT2D eigenvalue weighted by molar-refractivity contribution is 5.83. The van der Waals surface area contributed by atoms with E-state index in [9.17, 15) is 25.2 Å². The van der Waals surface area contributed by atoms with Crippen LogP contribution < -0.4 is 0 Å². The van der Waals surface area contributed by atoms with Crippen LogP contribution in [-0.4, -0.2) is 62.3 Å². The van der Waals surface area contributed by atoms with Crippen molar-refractivity contribution in [1.29, 1.82) is 0 Å². The Morgan fingerprint density at radius 1 is 0.955 bits per heavy atom. The maximum atomic E-state index is 11.8. The van der Waals surface area contributed by atoms with Gasteiger partial charge in [-0.15, -0.1) is 0 Å². The summed E-state index contributed by atoms with van der Waals surface area (Å²) in [5.74, 6) is -0.743. The molecular weight excluding hydrogens is 288 g/mol. The van der Waals surface area contributed by atoms with E-state index in [2.05, 4.69) is 6.92 Å². The number of unbranched alkanes of at least 4 members (excludes halogenated alkanes) is 5. The first kappa shape index (κ1) is 19.5. The summed E-state index contributed by atoms with van der Waals surface area (Å²) in [5, 5.41) is 46.6. The van der Waals surface area contributed by atoms with Crippen LogP contribution in [0, 0.1) is 0 Å². The predicted molar refractivity (Wildman–Crippen MR) is 83.3 cm³/mol. The predicted octanol–water partition coefficient (Wildman–Crippen LogP) is 0.522. The molecule has 0 rings (SSSR count). The van der Waals surface area contributed by atoms with Crippen LogP contribution in [0.5, 0.6) is 0 Å². The molecule has 6 nitrogen and oxygen atoms in total. The molecule has 0 radical (unpaired) electrons. The Bertz CT molecular complexity index is 315. The number of Topliss-reactive ketones (excluding diaryl/α,β-unsaturated/α-hetero) is 1. The van der Waals surface area contributed by atoms with Crippen LogP contribution in [0.25, 0.3) is 0 Å². The van der Waals surface area contributed by atoms with Crippen LogP contribution in [0.2, 0.25) is 0 Å². The summed E-state index contributed by atoms with van der Waals surface area (Å²) < 4.78 is 7.82. The van der Waals surface area contributed by atoms with E-state index in [1.54, 1.807) is 0 Å². The van der Waals surface area contributed by atoms with Crippen molar-refractivity contribution in [2.45, 2.75) is 89.1 Å². The molecule has 0 bridgehead atoms. The average Bonchev–Trinajstić information content (AvgIpc) is 2.54. The number of aliphatic hydroxyl groups is 5. The fourth-order valence-corrected chi connectivity index (χ4v) is 2.15. The molecule has 0 spiro atoms. The van der Waals surface area contributed by atoms with Gasteiger partial charge in [-0.2, -0.15) is 0 Å². The summed E-state index contributed by atoms with van der Waals surface area (Å²) in [6, 6.07) is 0. The molecule has 0 aromatic rings. The van der Waals surface area contributed by atoms with Gasteiger partial charge >= 0.3 is 0 Å². The molecular formula is C16H32O6. The van der Waals surface area contributed by atoms with E-state index < -0.39 is 43.2 Å². The van der Waals surface area contributed by atoms with Gasteiger partial charge in [0.2, 0.25) is 0 Å². The maximum Gasteiger partial charge on any atom is 0.164 e. The molecule has 0 aliphatic carbocycles. The van der Waals surface area contributed by atoms with Gasteiger partial charge in [-0.25, -0.2) is 0 Å². The molecule has 0 aliphatic rings. The van der Waals surface area contributed by atoms with Crippen molar-refractivity contribution in [2.75, 3.05) is 6.61 Å². The van der Waals surface area contributed by atoms with Crippen molar-refractivity contribution in [3.8, 4) is 0 Å². The number of rotatable bonds is 14. The zero-order valence-electron chi connectivity index (χ0n) is 14.4. The summed E-state index contributed by atoms with van der Waals surface area (Å²) >= 11 is 0. The van der Waals surface area contributed by atoms with E-state index in [1.165, 1.54) is 19.3 Å². The van der Waals surface area contributed by atoms with E-state index in [0.717, 1.165) is 19.3 Å². The lowest BCUT2D eigenvalue weighted by Gasteiger charge is -2.24. The monoisotopic (exact) mass is 321 g/mol. The lowest BCUT2D eigenvalue weighted by molar-refractivity contribution is -0.147. The molecule has 5 atom stereocenters. The molecule has 0 heterocycles. The Balaban J connectivity index is 4.05. The zero-order chi connectivity index (χ0) is 17.8. The Morgan fingerprint density at radius 3 is 2.05 bits per heavy atom. The Labute approximate surface area is 134 Å². The smallest absolute Gasteiger partial charge is 0.164 e. The molecule has 0 saturated carbocycles. The SMILES string of the molecule is [2H]C(CCCCCCCC)CC(=O)[C@H](O)[C@@H](O)[C@H](O)[C@H](O)CO. The van der Waals surface area contributed by atoms with Crippen LogP contribution in [-0.2, 0) is 4.79 Å². The molecule has 0 aliphatic heterocycles. The van der Waals surface area contributed by atoms with E-state index in [4.69, 9.17) is 6.48 Å². The molecule has 1 unspecified atom stereocenters. The molecule has 0 aromatic carbocycles. The third-order valence-corrected chi connectivity index (χ3v) is 3.69. The fourth-order valence-electron chi connectivity index (χ4n) is 2.15. The quantitative estimate of drug-likeness (QED) is 0.298. The summed E-state index contributed by atoms with van der Waals surface area (Å²) in [6.07, 6.45) is -1.02. The van der Waals surface area contributed by atoms with Gasteiger partial charge in [-0.05, 0) is 6.40 Å². The van der Waals surface area contributed by atoms with Gasteiger partial charge in [0.15, 0.2) is 5.78 Å². The van der Waals surface area contributed by atoms with Crippen LogP contribution in [0.1, 0.15) is 66.1 Å². The van der Waals surface area contributed by atoms with Crippen LogP contribution in [0.4, 0.5) is 0 Å². The van der Waals surface area contributed by atoms with E-state index in [0.29, 0.717) is 6.42 Å². The third-order valence-electron chi connectivity index (χ3n) is 3.69. The van der Waals surface area contributed by atoms with Crippen LogP contribution in [0.3, 0.4) is 0 Å². The number of carbonyl (C=O) groups excluding carboxylic acids is 1. The molecule has 0 saturated heterocycles. The van der Waals surface area contributed by atoms with Gasteiger partial charge in [0.1, 0.15) is 24.4 Å². The van der Waals surface area contributed by atoms with E-state index >= 15 is 0 Å². The normalized spacial score (nSPS) is 19.1. The van der Waals surface area contributed by atoms with Crippen molar-refractivity contribution in [2.24, 2.45) is 0 Å².